The summed E-state index contributed by atoms with van der Waals surface area (Å²) < 4.78 is 5.24. The Morgan fingerprint density at radius 3 is 2.79 bits per heavy atom. The molecule has 120 valence electrons. The van der Waals surface area contributed by atoms with Crippen LogP contribution in [0, 0.1) is 0 Å². The largest absolute Gasteiger partial charge is 0.463 e. The van der Waals surface area contributed by atoms with Gasteiger partial charge in [0, 0.05) is 12.5 Å². The maximum atomic E-state index is 12.3. The van der Waals surface area contributed by atoms with E-state index in [-0.39, 0.29) is 11.5 Å². The van der Waals surface area contributed by atoms with Crippen LogP contribution < -0.4 is 10.9 Å². The fourth-order valence-electron chi connectivity index (χ4n) is 3.08. The number of amides is 1. The van der Waals surface area contributed by atoms with Gasteiger partial charge in [-0.2, -0.15) is 0 Å². The molecule has 1 unspecified atom stereocenters. The van der Waals surface area contributed by atoms with Gasteiger partial charge in [0.15, 0.2) is 0 Å². The number of aromatic nitrogens is 1. The van der Waals surface area contributed by atoms with Crippen molar-refractivity contribution in [2.24, 2.45) is 0 Å². The second-order valence-electron chi connectivity index (χ2n) is 5.90. The van der Waals surface area contributed by atoms with Crippen molar-refractivity contribution in [2.75, 3.05) is 6.54 Å². The van der Waals surface area contributed by atoms with Crippen LogP contribution in [0.4, 0.5) is 0 Å². The number of hydrogen-bond acceptors (Lipinski definition) is 3. The van der Waals surface area contributed by atoms with Crippen LogP contribution in [-0.2, 0) is 6.42 Å². The topological polar surface area (TPSA) is 75.1 Å². The molecule has 0 saturated heterocycles. The molecule has 0 bridgehead atoms. The lowest BCUT2D eigenvalue weighted by molar-refractivity contribution is 0.0948. The lowest BCUT2D eigenvalue weighted by Crippen LogP contribution is -2.35. The quantitative estimate of drug-likeness (QED) is 0.776. The van der Waals surface area contributed by atoms with Gasteiger partial charge < -0.3 is 14.7 Å². The van der Waals surface area contributed by atoms with Gasteiger partial charge in [0.2, 0.25) is 0 Å². The Bertz CT molecular complexity index is 941. The molecule has 0 aliphatic heterocycles. The zero-order chi connectivity index (χ0) is 16.5. The molecule has 24 heavy (non-hydrogen) atoms. The maximum Gasteiger partial charge on any atom is 0.261 e. The van der Waals surface area contributed by atoms with Crippen molar-refractivity contribution in [3.05, 3.63) is 81.8 Å². The normalized spacial score (nSPS) is 15.4. The molecule has 0 spiro atoms. The van der Waals surface area contributed by atoms with Gasteiger partial charge in [0.05, 0.1) is 12.0 Å². The Morgan fingerprint density at radius 1 is 1.17 bits per heavy atom. The van der Waals surface area contributed by atoms with Gasteiger partial charge in [0.1, 0.15) is 11.3 Å². The average molecular weight is 320 g/mol. The second kappa shape index (κ2) is 5.85. The summed E-state index contributed by atoms with van der Waals surface area (Å²) in [7, 11) is 0. The number of carbonyl (C=O) groups excluding carboxylic acids is 1. The molecule has 1 atom stereocenters. The molecule has 1 aromatic carbocycles. The maximum absolute atomic E-state index is 12.3. The lowest BCUT2D eigenvalue weighted by atomic mass is 9.77. The molecule has 2 N–H and O–H groups in total. The van der Waals surface area contributed by atoms with Gasteiger partial charge >= 0.3 is 0 Å². The minimum atomic E-state index is -0.421. The molecule has 0 fully saturated rings. The van der Waals surface area contributed by atoms with Crippen molar-refractivity contribution in [2.45, 2.75) is 12.3 Å². The Hall–Kier alpha value is -3.08. The minimum absolute atomic E-state index is 0.109. The van der Waals surface area contributed by atoms with E-state index in [1.54, 1.807) is 18.2 Å². The van der Waals surface area contributed by atoms with E-state index in [2.05, 4.69) is 22.4 Å². The van der Waals surface area contributed by atoms with E-state index >= 15 is 0 Å². The molecule has 1 aliphatic carbocycles. The van der Waals surface area contributed by atoms with Gasteiger partial charge in [-0.1, -0.05) is 24.3 Å². The molecule has 1 aliphatic rings. The van der Waals surface area contributed by atoms with Crippen molar-refractivity contribution in [1.82, 2.24) is 10.3 Å². The number of pyridine rings is 1. The standard InChI is InChI=1S/C19H16N2O3/c22-18(20-11-13-10-12-4-1-2-5-14(12)13)15-7-8-16(21-19(15)23)17-6-3-9-24-17/h1-9,13H,10-11H2,(H,20,22)(H,21,23). The predicted molar refractivity (Wildman–Crippen MR) is 90.0 cm³/mol. The Morgan fingerprint density at radius 2 is 2.04 bits per heavy atom. The zero-order valence-electron chi connectivity index (χ0n) is 12.9. The van der Waals surface area contributed by atoms with E-state index in [4.69, 9.17) is 4.42 Å². The van der Waals surface area contributed by atoms with E-state index in [0.717, 1.165) is 6.42 Å². The summed E-state index contributed by atoms with van der Waals surface area (Å²) >= 11 is 0. The van der Waals surface area contributed by atoms with E-state index in [1.165, 1.54) is 23.5 Å². The van der Waals surface area contributed by atoms with E-state index in [1.807, 2.05) is 12.1 Å². The monoisotopic (exact) mass is 320 g/mol. The van der Waals surface area contributed by atoms with E-state index in [0.29, 0.717) is 23.9 Å². The molecule has 2 heterocycles. The van der Waals surface area contributed by atoms with Gasteiger partial charge in [-0.15, -0.1) is 0 Å². The lowest BCUT2D eigenvalue weighted by Gasteiger charge is -2.30. The molecule has 1 amide bonds. The summed E-state index contributed by atoms with van der Waals surface area (Å²) in [5.74, 6) is 0.531. The number of benzene rings is 1. The van der Waals surface area contributed by atoms with Gasteiger partial charge in [-0.3, -0.25) is 9.59 Å². The van der Waals surface area contributed by atoms with Crippen molar-refractivity contribution >= 4 is 5.91 Å². The number of hydrogen-bond donors (Lipinski definition) is 2. The summed E-state index contributed by atoms with van der Waals surface area (Å²) in [4.78, 5) is 27.1. The highest BCUT2D eigenvalue weighted by molar-refractivity contribution is 5.94. The first-order chi connectivity index (χ1) is 11.7. The highest BCUT2D eigenvalue weighted by atomic mass is 16.3. The van der Waals surface area contributed by atoms with Gasteiger partial charge in [0.25, 0.3) is 11.5 Å². The Kier molecular flexibility index (Phi) is 3.54. The van der Waals surface area contributed by atoms with Gasteiger partial charge in [-0.25, -0.2) is 0 Å². The SMILES string of the molecule is O=C(NCC1Cc2ccccc21)c1ccc(-c2ccco2)[nH]c1=O. The molecule has 5 nitrogen and oxygen atoms in total. The molecular weight excluding hydrogens is 304 g/mol. The number of rotatable bonds is 4. The fourth-order valence-corrected chi connectivity index (χ4v) is 3.08. The summed E-state index contributed by atoms with van der Waals surface area (Å²) in [6.07, 6.45) is 2.50. The van der Waals surface area contributed by atoms with Crippen LogP contribution in [0.2, 0.25) is 0 Å². The summed E-state index contributed by atoms with van der Waals surface area (Å²) in [6.45, 7) is 0.537. The molecule has 5 heteroatoms. The Labute approximate surface area is 138 Å². The second-order valence-corrected chi connectivity index (χ2v) is 5.90. The molecule has 0 saturated carbocycles. The van der Waals surface area contributed by atoms with Crippen LogP contribution >= 0.6 is 0 Å². The zero-order valence-corrected chi connectivity index (χ0v) is 12.9. The smallest absolute Gasteiger partial charge is 0.261 e. The Balaban J connectivity index is 1.45. The third-order valence-corrected chi connectivity index (χ3v) is 4.41. The molecule has 3 aromatic rings. The first kappa shape index (κ1) is 14.5. The number of aromatic amines is 1. The van der Waals surface area contributed by atoms with Gasteiger partial charge in [-0.05, 0) is 41.8 Å². The van der Waals surface area contributed by atoms with Crippen LogP contribution in [0.25, 0.3) is 11.5 Å². The summed E-state index contributed by atoms with van der Waals surface area (Å²) in [6, 6.07) is 14.9. The minimum Gasteiger partial charge on any atom is -0.463 e. The predicted octanol–water partition coefficient (Wildman–Crippen LogP) is 2.70. The molecule has 2 aromatic heterocycles. The summed E-state index contributed by atoms with van der Waals surface area (Å²) in [5, 5.41) is 2.85. The number of furan rings is 1. The molecular formula is C19H16N2O3. The van der Waals surface area contributed by atoms with E-state index < -0.39 is 5.56 Å². The van der Waals surface area contributed by atoms with Crippen molar-refractivity contribution in [3.8, 4) is 11.5 Å². The molecule has 0 radical (unpaired) electrons. The third kappa shape index (κ3) is 2.54. The van der Waals surface area contributed by atoms with Crippen LogP contribution in [0.1, 0.15) is 27.4 Å². The van der Waals surface area contributed by atoms with Crippen LogP contribution in [0.15, 0.2) is 64.0 Å². The van der Waals surface area contributed by atoms with Crippen LogP contribution in [0.5, 0.6) is 0 Å². The average Bonchev–Trinajstić information content (AvgIpc) is 3.10. The van der Waals surface area contributed by atoms with Crippen LogP contribution in [-0.4, -0.2) is 17.4 Å². The van der Waals surface area contributed by atoms with Crippen molar-refractivity contribution < 1.29 is 9.21 Å². The highest BCUT2D eigenvalue weighted by Crippen LogP contribution is 2.33. The third-order valence-electron chi connectivity index (χ3n) is 4.41. The number of fused-ring (bicyclic) bond motifs is 1. The first-order valence-corrected chi connectivity index (χ1v) is 7.85. The van der Waals surface area contributed by atoms with E-state index in [9.17, 15) is 9.59 Å². The van der Waals surface area contributed by atoms with Crippen molar-refractivity contribution in [1.29, 1.82) is 0 Å². The summed E-state index contributed by atoms with van der Waals surface area (Å²) in [5.41, 5.74) is 2.85. The fraction of sp³-hybridized carbons (Fsp3) is 0.158. The van der Waals surface area contributed by atoms with Crippen molar-refractivity contribution in [3.63, 3.8) is 0 Å². The number of nitrogens with one attached hydrogen (secondary N) is 2. The number of H-pyrrole nitrogens is 1. The van der Waals surface area contributed by atoms with Crippen LogP contribution in [0.3, 0.4) is 0 Å². The molecule has 4 rings (SSSR count). The number of carbonyl (C=O) groups is 1. The highest BCUT2D eigenvalue weighted by Gasteiger charge is 2.26. The first-order valence-electron chi connectivity index (χ1n) is 7.85.